The van der Waals surface area contributed by atoms with Gasteiger partial charge in [0.2, 0.25) is 5.91 Å². The number of rotatable bonds is 4. The summed E-state index contributed by atoms with van der Waals surface area (Å²) in [7, 11) is 1.80. The van der Waals surface area contributed by atoms with Crippen LogP contribution >= 0.6 is 0 Å². The van der Waals surface area contributed by atoms with Crippen LogP contribution in [0.25, 0.3) is 0 Å². The van der Waals surface area contributed by atoms with Crippen molar-refractivity contribution in [2.24, 2.45) is 0 Å². The Morgan fingerprint density at radius 3 is 2.41 bits per heavy atom. The Morgan fingerprint density at radius 1 is 1.32 bits per heavy atom. The van der Waals surface area contributed by atoms with Crippen LogP contribution in [-0.2, 0) is 9.53 Å². The van der Waals surface area contributed by atoms with Crippen LogP contribution in [0.3, 0.4) is 0 Å². The first kappa shape index (κ1) is 16.9. The Labute approximate surface area is 131 Å². The third kappa shape index (κ3) is 4.27. The van der Waals surface area contributed by atoms with Crippen molar-refractivity contribution in [3.63, 3.8) is 0 Å². The Kier molecular flexibility index (Phi) is 5.53. The maximum absolute atomic E-state index is 13.0. The van der Waals surface area contributed by atoms with Crippen molar-refractivity contribution in [1.29, 1.82) is 0 Å². The smallest absolute Gasteiger partial charge is 0.236 e. The van der Waals surface area contributed by atoms with Crippen molar-refractivity contribution in [2.45, 2.75) is 39.0 Å². The summed E-state index contributed by atoms with van der Waals surface area (Å²) in [6.45, 7) is 7.94. The molecule has 0 bridgehead atoms. The fourth-order valence-corrected chi connectivity index (χ4v) is 2.90. The zero-order valence-electron chi connectivity index (χ0n) is 13.8. The first-order valence-corrected chi connectivity index (χ1v) is 7.75. The highest BCUT2D eigenvalue weighted by atomic mass is 19.1. The van der Waals surface area contributed by atoms with Crippen LogP contribution in [0.1, 0.15) is 32.4 Å². The van der Waals surface area contributed by atoms with Crippen LogP contribution in [-0.4, -0.2) is 54.6 Å². The molecular weight excluding hydrogens is 283 g/mol. The number of carbonyl (C=O) groups excluding carboxylic acids is 1. The quantitative estimate of drug-likeness (QED) is 0.856. The minimum absolute atomic E-state index is 0.0677. The summed E-state index contributed by atoms with van der Waals surface area (Å²) in [5, 5.41) is 0. The molecule has 0 spiro atoms. The molecule has 1 fully saturated rings. The normalized spacial score (nSPS) is 24.0. The van der Waals surface area contributed by atoms with Crippen molar-refractivity contribution in [1.82, 2.24) is 9.80 Å². The van der Waals surface area contributed by atoms with E-state index >= 15 is 0 Å². The van der Waals surface area contributed by atoms with Gasteiger partial charge >= 0.3 is 0 Å². The maximum atomic E-state index is 13.0. The lowest BCUT2D eigenvalue weighted by Gasteiger charge is -2.36. The molecule has 1 aliphatic heterocycles. The van der Waals surface area contributed by atoms with Gasteiger partial charge in [0, 0.05) is 20.1 Å². The molecule has 1 aliphatic rings. The van der Waals surface area contributed by atoms with E-state index in [1.54, 1.807) is 24.1 Å². The Hall–Kier alpha value is -1.46. The molecule has 122 valence electrons. The van der Waals surface area contributed by atoms with E-state index in [-0.39, 0.29) is 30.0 Å². The molecule has 0 N–H and O–H groups in total. The summed E-state index contributed by atoms with van der Waals surface area (Å²) in [4.78, 5) is 16.3. The number of nitrogens with zero attached hydrogens (tertiary/aromatic N) is 2. The van der Waals surface area contributed by atoms with Gasteiger partial charge in [0.1, 0.15) is 5.82 Å². The predicted molar refractivity (Wildman–Crippen MR) is 84.0 cm³/mol. The number of hydrogen-bond donors (Lipinski definition) is 0. The lowest BCUT2D eigenvalue weighted by atomic mass is 10.1. The lowest BCUT2D eigenvalue weighted by molar-refractivity contribution is -0.136. The average Bonchev–Trinajstić information content (AvgIpc) is 2.45. The highest BCUT2D eigenvalue weighted by Crippen LogP contribution is 2.20. The first-order valence-electron chi connectivity index (χ1n) is 7.75. The minimum Gasteiger partial charge on any atom is -0.373 e. The molecule has 3 atom stereocenters. The number of benzene rings is 1. The van der Waals surface area contributed by atoms with Crippen LogP contribution < -0.4 is 0 Å². The van der Waals surface area contributed by atoms with E-state index in [4.69, 9.17) is 4.74 Å². The minimum atomic E-state index is -0.263. The number of halogens is 1. The molecule has 0 aromatic heterocycles. The van der Waals surface area contributed by atoms with Crippen molar-refractivity contribution < 1.29 is 13.9 Å². The number of morpholine rings is 1. The largest absolute Gasteiger partial charge is 0.373 e. The molecule has 2 rings (SSSR count). The third-order valence-corrected chi connectivity index (χ3v) is 4.18. The average molecular weight is 308 g/mol. The molecule has 1 heterocycles. The van der Waals surface area contributed by atoms with E-state index < -0.39 is 0 Å². The predicted octanol–water partition coefficient (Wildman–Crippen LogP) is 2.45. The Morgan fingerprint density at radius 2 is 1.86 bits per heavy atom. The number of likely N-dealkylation sites (N-methyl/N-ethyl adjacent to an activating group) is 1. The number of amides is 1. The van der Waals surface area contributed by atoms with E-state index in [1.165, 1.54) is 12.1 Å². The molecule has 1 saturated heterocycles. The van der Waals surface area contributed by atoms with E-state index in [2.05, 4.69) is 4.90 Å². The molecule has 1 aromatic carbocycles. The third-order valence-electron chi connectivity index (χ3n) is 4.18. The van der Waals surface area contributed by atoms with Crippen molar-refractivity contribution in [3.8, 4) is 0 Å². The highest BCUT2D eigenvalue weighted by molar-refractivity contribution is 5.78. The molecule has 0 saturated carbocycles. The van der Waals surface area contributed by atoms with E-state index in [0.717, 1.165) is 18.7 Å². The van der Waals surface area contributed by atoms with Gasteiger partial charge in [-0.15, -0.1) is 0 Å². The molecule has 1 amide bonds. The first-order chi connectivity index (χ1) is 10.4. The van der Waals surface area contributed by atoms with Crippen LogP contribution in [0, 0.1) is 5.82 Å². The Balaban J connectivity index is 1.95. The molecule has 4 nitrogen and oxygen atoms in total. The summed E-state index contributed by atoms with van der Waals surface area (Å²) in [6, 6.07) is 6.22. The summed E-state index contributed by atoms with van der Waals surface area (Å²) in [6.07, 6.45) is 0.299. The monoisotopic (exact) mass is 308 g/mol. The van der Waals surface area contributed by atoms with Crippen molar-refractivity contribution in [2.75, 3.05) is 26.7 Å². The van der Waals surface area contributed by atoms with Crippen LogP contribution in [0.4, 0.5) is 4.39 Å². The zero-order chi connectivity index (χ0) is 16.3. The highest BCUT2D eigenvalue weighted by Gasteiger charge is 2.26. The number of hydrogen-bond acceptors (Lipinski definition) is 3. The van der Waals surface area contributed by atoms with E-state index in [9.17, 15) is 9.18 Å². The zero-order valence-corrected chi connectivity index (χ0v) is 13.8. The standard InChI is InChI=1S/C17H25FN2O2/c1-12-9-20(10-13(2)22-12)11-17(21)19(4)14(3)15-5-7-16(18)8-6-15/h5-8,12-14H,9-11H2,1-4H3. The van der Waals surface area contributed by atoms with Gasteiger partial charge in [-0.25, -0.2) is 4.39 Å². The fraction of sp³-hybridized carbons (Fsp3) is 0.588. The lowest BCUT2D eigenvalue weighted by Crippen LogP contribution is -2.49. The molecule has 0 radical (unpaired) electrons. The van der Waals surface area contributed by atoms with Gasteiger partial charge in [0.05, 0.1) is 24.8 Å². The molecule has 5 heteroatoms. The number of carbonyl (C=O) groups is 1. The topological polar surface area (TPSA) is 32.8 Å². The molecule has 1 aromatic rings. The second-order valence-electron chi connectivity index (χ2n) is 6.18. The van der Waals surface area contributed by atoms with Gasteiger partial charge in [0.25, 0.3) is 0 Å². The second-order valence-corrected chi connectivity index (χ2v) is 6.18. The molecule has 3 unspecified atom stereocenters. The van der Waals surface area contributed by atoms with Gasteiger partial charge in [-0.3, -0.25) is 9.69 Å². The fourth-order valence-electron chi connectivity index (χ4n) is 2.90. The summed E-state index contributed by atoms with van der Waals surface area (Å²) < 4.78 is 18.7. The van der Waals surface area contributed by atoms with Crippen molar-refractivity contribution >= 4 is 5.91 Å². The van der Waals surface area contributed by atoms with E-state index in [0.29, 0.717) is 6.54 Å². The Bertz CT molecular complexity index is 496. The summed E-state index contributed by atoms with van der Waals surface area (Å²) >= 11 is 0. The van der Waals surface area contributed by atoms with E-state index in [1.807, 2.05) is 20.8 Å². The molecule has 0 aliphatic carbocycles. The van der Waals surface area contributed by atoms with Crippen molar-refractivity contribution in [3.05, 3.63) is 35.6 Å². The maximum Gasteiger partial charge on any atom is 0.236 e. The van der Waals surface area contributed by atoms with Crippen LogP contribution in [0.2, 0.25) is 0 Å². The summed E-state index contributed by atoms with van der Waals surface area (Å²) in [5.74, 6) is -0.195. The van der Waals surface area contributed by atoms with Gasteiger partial charge in [0.15, 0.2) is 0 Å². The van der Waals surface area contributed by atoms with Gasteiger partial charge in [-0.2, -0.15) is 0 Å². The van der Waals surface area contributed by atoms with Crippen LogP contribution in [0.5, 0.6) is 0 Å². The molecule has 22 heavy (non-hydrogen) atoms. The number of ether oxygens (including phenoxy) is 1. The van der Waals surface area contributed by atoms with Gasteiger partial charge in [-0.05, 0) is 38.5 Å². The van der Waals surface area contributed by atoms with Gasteiger partial charge < -0.3 is 9.64 Å². The van der Waals surface area contributed by atoms with Gasteiger partial charge in [-0.1, -0.05) is 12.1 Å². The summed E-state index contributed by atoms with van der Waals surface area (Å²) in [5.41, 5.74) is 0.931. The second kappa shape index (κ2) is 7.20. The molecular formula is C17H25FN2O2. The van der Waals surface area contributed by atoms with Crippen LogP contribution in [0.15, 0.2) is 24.3 Å². The SMILES string of the molecule is CC1CN(CC(=O)N(C)C(C)c2ccc(F)cc2)CC(C)O1.